The summed E-state index contributed by atoms with van der Waals surface area (Å²) in [6.07, 6.45) is 4.90. The van der Waals surface area contributed by atoms with E-state index in [4.69, 9.17) is 0 Å². The Bertz CT molecular complexity index is 419. The summed E-state index contributed by atoms with van der Waals surface area (Å²) in [6.45, 7) is 3.84. The lowest BCUT2D eigenvalue weighted by molar-refractivity contribution is 0.0837. The van der Waals surface area contributed by atoms with Gasteiger partial charge < -0.3 is 0 Å². The molecule has 2 rings (SSSR count). The van der Waals surface area contributed by atoms with E-state index in [1.165, 1.54) is 19.3 Å². The Hall–Kier alpha value is -0.670. The van der Waals surface area contributed by atoms with Gasteiger partial charge in [0.05, 0.1) is 6.54 Å². The number of hydrogen-bond acceptors (Lipinski definition) is 2. The molecular formula is C15H20BrNO. The third-order valence-electron chi connectivity index (χ3n) is 3.74. The van der Waals surface area contributed by atoms with Crippen LogP contribution in [0.1, 0.15) is 43.0 Å². The van der Waals surface area contributed by atoms with Crippen molar-refractivity contribution in [1.29, 1.82) is 0 Å². The summed E-state index contributed by atoms with van der Waals surface area (Å²) in [4.78, 5) is 14.7. The molecule has 98 valence electrons. The molecule has 2 nitrogen and oxygen atoms in total. The van der Waals surface area contributed by atoms with Gasteiger partial charge in [0.15, 0.2) is 5.78 Å². The monoisotopic (exact) mass is 309 g/mol. The Morgan fingerprint density at radius 1 is 1.39 bits per heavy atom. The van der Waals surface area contributed by atoms with Gasteiger partial charge in [-0.2, -0.15) is 0 Å². The second kappa shape index (κ2) is 6.48. The summed E-state index contributed by atoms with van der Waals surface area (Å²) in [5.41, 5.74) is 0.804. The molecule has 1 saturated heterocycles. The predicted octanol–water partition coefficient (Wildman–Crippen LogP) is 3.90. The highest BCUT2D eigenvalue weighted by Gasteiger charge is 2.23. The number of rotatable bonds is 4. The van der Waals surface area contributed by atoms with Crippen LogP contribution in [0.2, 0.25) is 0 Å². The highest BCUT2D eigenvalue weighted by atomic mass is 79.9. The molecule has 0 radical (unpaired) electrons. The molecule has 1 heterocycles. The molecule has 1 aromatic carbocycles. The number of piperidine rings is 1. The van der Waals surface area contributed by atoms with Crippen molar-refractivity contribution in [3.05, 3.63) is 34.3 Å². The van der Waals surface area contributed by atoms with Crippen LogP contribution in [-0.4, -0.2) is 29.8 Å². The van der Waals surface area contributed by atoms with Gasteiger partial charge in [-0.3, -0.25) is 9.69 Å². The van der Waals surface area contributed by atoms with Crippen molar-refractivity contribution in [2.24, 2.45) is 0 Å². The van der Waals surface area contributed by atoms with E-state index in [0.717, 1.165) is 23.0 Å². The van der Waals surface area contributed by atoms with Gasteiger partial charge in [-0.05, 0) is 31.9 Å². The van der Waals surface area contributed by atoms with Crippen LogP contribution in [0.15, 0.2) is 28.7 Å². The number of carbonyl (C=O) groups is 1. The molecule has 0 aromatic heterocycles. The van der Waals surface area contributed by atoms with E-state index < -0.39 is 0 Å². The van der Waals surface area contributed by atoms with Crippen molar-refractivity contribution in [2.75, 3.05) is 13.1 Å². The Balaban J connectivity index is 2.04. The minimum absolute atomic E-state index is 0.225. The third kappa shape index (κ3) is 3.21. The highest BCUT2D eigenvalue weighted by Crippen LogP contribution is 2.21. The van der Waals surface area contributed by atoms with Crippen LogP contribution in [0.25, 0.3) is 0 Å². The number of halogens is 1. The molecular weight excluding hydrogens is 290 g/mol. The highest BCUT2D eigenvalue weighted by molar-refractivity contribution is 9.10. The van der Waals surface area contributed by atoms with Crippen LogP contribution in [0.4, 0.5) is 0 Å². The van der Waals surface area contributed by atoms with Gasteiger partial charge in [0.25, 0.3) is 0 Å². The standard InChI is InChI=1S/C15H20BrNO/c1-2-12-7-5-6-10-17(12)11-15(18)13-8-3-4-9-14(13)16/h3-4,8-9,12H,2,5-7,10-11H2,1H3. The van der Waals surface area contributed by atoms with Crippen LogP contribution >= 0.6 is 15.9 Å². The molecule has 0 spiro atoms. The minimum Gasteiger partial charge on any atom is -0.293 e. The summed E-state index contributed by atoms with van der Waals surface area (Å²) in [5, 5.41) is 0. The lowest BCUT2D eigenvalue weighted by Gasteiger charge is -2.34. The number of carbonyl (C=O) groups excluding carboxylic acids is 1. The normalized spacial score (nSPS) is 20.9. The van der Waals surface area contributed by atoms with Crippen LogP contribution in [-0.2, 0) is 0 Å². The van der Waals surface area contributed by atoms with Crippen molar-refractivity contribution in [3.63, 3.8) is 0 Å². The maximum atomic E-state index is 12.3. The van der Waals surface area contributed by atoms with E-state index >= 15 is 0 Å². The molecule has 1 unspecified atom stereocenters. The maximum absolute atomic E-state index is 12.3. The summed E-state index contributed by atoms with van der Waals surface area (Å²) in [5.74, 6) is 0.225. The van der Waals surface area contributed by atoms with Crippen molar-refractivity contribution < 1.29 is 4.79 Å². The van der Waals surface area contributed by atoms with Crippen LogP contribution < -0.4 is 0 Å². The van der Waals surface area contributed by atoms with E-state index in [2.05, 4.69) is 27.8 Å². The molecule has 0 aliphatic carbocycles. The van der Waals surface area contributed by atoms with Gasteiger partial charge in [0.2, 0.25) is 0 Å². The lowest BCUT2D eigenvalue weighted by Crippen LogP contribution is -2.42. The van der Waals surface area contributed by atoms with Gasteiger partial charge >= 0.3 is 0 Å². The molecule has 1 aliphatic rings. The Kier molecular flexibility index (Phi) is 4.95. The third-order valence-corrected chi connectivity index (χ3v) is 4.43. The minimum atomic E-state index is 0.225. The topological polar surface area (TPSA) is 20.3 Å². The zero-order valence-electron chi connectivity index (χ0n) is 10.9. The van der Waals surface area contributed by atoms with Crippen molar-refractivity contribution in [2.45, 2.75) is 38.6 Å². The van der Waals surface area contributed by atoms with Crippen LogP contribution in [0.3, 0.4) is 0 Å². The molecule has 0 saturated carbocycles. The molecule has 1 fully saturated rings. The Morgan fingerprint density at radius 3 is 2.89 bits per heavy atom. The Morgan fingerprint density at radius 2 is 2.17 bits per heavy atom. The fraction of sp³-hybridized carbons (Fsp3) is 0.533. The molecule has 0 bridgehead atoms. The molecule has 18 heavy (non-hydrogen) atoms. The average molecular weight is 310 g/mol. The summed E-state index contributed by atoms with van der Waals surface area (Å²) in [6, 6.07) is 8.28. The zero-order chi connectivity index (χ0) is 13.0. The maximum Gasteiger partial charge on any atom is 0.177 e. The summed E-state index contributed by atoms with van der Waals surface area (Å²) < 4.78 is 0.903. The van der Waals surface area contributed by atoms with Gasteiger partial charge in [-0.15, -0.1) is 0 Å². The Labute approximate surface area is 117 Å². The van der Waals surface area contributed by atoms with E-state index in [-0.39, 0.29) is 5.78 Å². The van der Waals surface area contributed by atoms with Gasteiger partial charge in [0, 0.05) is 16.1 Å². The number of benzene rings is 1. The first-order valence-electron chi connectivity index (χ1n) is 6.74. The quantitative estimate of drug-likeness (QED) is 0.786. The largest absolute Gasteiger partial charge is 0.293 e. The van der Waals surface area contributed by atoms with Crippen molar-refractivity contribution >= 4 is 21.7 Å². The van der Waals surface area contributed by atoms with Crippen molar-refractivity contribution in [3.8, 4) is 0 Å². The van der Waals surface area contributed by atoms with Gasteiger partial charge in [0.1, 0.15) is 0 Å². The molecule has 1 aromatic rings. The number of likely N-dealkylation sites (tertiary alicyclic amines) is 1. The first-order valence-corrected chi connectivity index (χ1v) is 7.53. The molecule has 1 aliphatic heterocycles. The van der Waals surface area contributed by atoms with E-state index in [0.29, 0.717) is 12.6 Å². The fourth-order valence-electron chi connectivity index (χ4n) is 2.69. The van der Waals surface area contributed by atoms with Gasteiger partial charge in [-0.25, -0.2) is 0 Å². The molecule has 0 amide bonds. The second-order valence-corrected chi connectivity index (χ2v) is 5.79. The second-order valence-electron chi connectivity index (χ2n) is 4.93. The lowest BCUT2D eigenvalue weighted by atomic mass is 9.99. The smallest absolute Gasteiger partial charge is 0.177 e. The van der Waals surface area contributed by atoms with Gasteiger partial charge in [-0.1, -0.05) is 47.5 Å². The predicted molar refractivity (Wildman–Crippen MR) is 78.0 cm³/mol. The number of nitrogens with zero attached hydrogens (tertiary/aromatic N) is 1. The number of ketones is 1. The molecule has 0 N–H and O–H groups in total. The van der Waals surface area contributed by atoms with Crippen LogP contribution in [0.5, 0.6) is 0 Å². The van der Waals surface area contributed by atoms with E-state index in [9.17, 15) is 4.79 Å². The van der Waals surface area contributed by atoms with Crippen molar-refractivity contribution in [1.82, 2.24) is 4.90 Å². The van der Waals surface area contributed by atoms with E-state index in [1.807, 2.05) is 24.3 Å². The number of Topliss-reactive ketones (excluding diaryl/α,β-unsaturated/α-hetero) is 1. The molecule has 3 heteroatoms. The first kappa shape index (κ1) is 13.8. The summed E-state index contributed by atoms with van der Waals surface area (Å²) >= 11 is 3.45. The SMILES string of the molecule is CCC1CCCCN1CC(=O)c1ccccc1Br. The fourth-order valence-corrected chi connectivity index (χ4v) is 3.19. The first-order chi connectivity index (χ1) is 8.72. The number of hydrogen-bond donors (Lipinski definition) is 0. The van der Waals surface area contributed by atoms with E-state index in [1.54, 1.807) is 0 Å². The zero-order valence-corrected chi connectivity index (χ0v) is 12.4. The molecule has 1 atom stereocenters. The average Bonchev–Trinajstić information content (AvgIpc) is 2.39. The van der Waals surface area contributed by atoms with Crippen LogP contribution in [0, 0.1) is 0 Å². The summed E-state index contributed by atoms with van der Waals surface area (Å²) in [7, 11) is 0.